The highest BCUT2D eigenvalue weighted by atomic mass is 32.1. The number of fused-ring (bicyclic) bond motifs is 30. The van der Waals surface area contributed by atoms with Crippen LogP contribution < -0.4 is 0 Å². The maximum absolute atomic E-state index is 6.81. The molecular weight excluding hydrogens is 1730 g/mol. The van der Waals surface area contributed by atoms with Crippen LogP contribution >= 0.6 is 11.3 Å². The van der Waals surface area contributed by atoms with Gasteiger partial charge >= 0.3 is 0 Å². The molecule has 0 saturated carbocycles. The zero-order valence-corrected chi connectivity index (χ0v) is 75.6. The summed E-state index contributed by atoms with van der Waals surface area (Å²) in [6.07, 6.45) is 0. The normalized spacial score (nSPS) is 12.0. The molecule has 12 heteroatoms. The van der Waals surface area contributed by atoms with E-state index >= 15 is 0 Å². The van der Waals surface area contributed by atoms with E-state index in [9.17, 15) is 0 Å². The molecule has 30 rings (SSSR count). The summed E-state index contributed by atoms with van der Waals surface area (Å²) in [6, 6.07) is 154. The average molecular weight is 1800 g/mol. The first-order chi connectivity index (χ1) is 69.4. The van der Waals surface area contributed by atoms with Crippen molar-refractivity contribution in [1.29, 1.82) is 0 Å². The summed E-state index contributed by atoms with van der Waals surface area (Å²) in [6.45, 7) is 0. The Bertz CT molecular complexity index is 9830. The fourth-order valence-corrected chi connectivity index (χ4v) is 23.1. The molecule has 0 bridgehead atoms. The third-order valence-corrected chi connectivity index (χ3v) is 29.4. The highest BCUT2D eigenvalue weighted by Crippen LogP contribution is 2.53. The molecule has 0 aliphatic carbocycles. The molecule has 0 saturated heterocycles. The number of pyridine rings is 2. The van der Waals surface area contributed by atoms with E-state index in [1.165, 1.54) is 80.1 Å². The van der Waals surface area contributed by atoms with E-state index in [1.807, 2.05) is 91.0 Å². The highest BCUT2D eigenvalue weighted by Gasteiger charge is 2.29. The Morgan fingerprint density at radius 2 is 0.479 bits per heavy atom. The number of aromatic nitrogens is 8. The predicted octanol–water partition coefficient (Wildman–Crippen LogP) is 34.8. The van der Waals surface area contributed by atoms with Crippen LogP contribution in [0.25, 0.3) is 307 Å². The molecule has 0 spiro atoms. The molecule has 0 N–H and O–H groups in total. The van der Waals surface area contributed by atoms with Crippen LogP contribution in [0.4, 0.5) is 0 Å². The molecule has 30 aromatic rings. The van der Waals surface area contributed by atoms with Gasteiger partial charge in [0.1, 0.15) is 33.5 Å². The smallest absolute Gasteiger partial charge is 0.167 e. The van der Waals surface area contributed by atoms with Crippen LogP contribution in [-0.4, -0.2) is 39.9 Å². The Hall–Kier alpha value is -18.6. The second-order valence-corrected chi connectivity index (χ2v) is 37.1. The fourth-order valence-electron chi connectivity index (χ4n) is 21.9. The summed E-state index contributed by atoms with van der Waals surface area (Å²) >= 11 is 1.78. The minimum atomic E-state index is 0.539. The molecule has 0 amide bonds. The standard InChI is InChI=1S/C64H36N4O2.C64H36N4OS/c1-2-15-38(16-3-1)62-66-63(68-64(67-62)50-25-14-24-47-46-21-9-12-27-54(46)70-61(47)50)39-31-29-37(30-32-39)60-52-36-56-59(49-23-10-13-28-55(49)69-56)57(58(52)48-22-8-11-26-53(48)65-60)40-33-34-45-43-19-5-4-17-41(43)42-18-6-7-20-44(42)51(45)35-40;1-2-15-38(16-3-1)62-66-63(68-64(67-62)50-25-14-24-47-46-21-10-13-28-56(46)70-61(47)50)39-31-29-37(30-32-39)60-52-36-55-59(49-23-9-12-27-54(49)69-55)57(58(52)48-22-8-11-26-53(48)65-60)40-33-34-45-43-19-5-4-17-41(43)42-18-6-7-20-44(42)51(45)35-40/h2*1-36H. The van der Waals surface area contributed by atoms with Gasteiger partial charge in [-0.1, -0.05) is 364 Å². The van der Waals surface area contributed by atoms with Gasteiger partial charge in [-0.3, -0.25) is 0 Å². The lowest BCUT2D eigenvalue weighted by Crippen LogP contribution is -2.00. The molecule has 8 aromatic heterocycles. The van der Waals surface area contributed by atoms with Crippen LogP contribution in [0.3, 0.4) is 0 Å². The zero-order chi connectivity index (χ0) is 91.7. The van der Waals surface area contributed by atoms with Gasteiger partial charge in [0, 0.05) is 135 Å². The Morgan fingerprint density at radius 3 is 0.929 bits per heavy atom. The number of benzene rings is 22. The zero-order valence-electron chi connectivity index (χ0n) is 74.8. The number of nitrogens with zero attached hydrogens (tertiary/aromatic N) is 8. The van der Waals surface area contributed by atoms with E-state index in [4.69, 9.17) is 53.1 Å². The summed E-state index contributed by atoms with van der Waals surface area (Å²) < 4.78 is 22.5. The van der Waals surface area contributed by atoms with Crippen LogP contribution in [0.2, 0.25) is 0 Å². The van der Waals surface area contributed by atoms with Gasteiger partial charge in [0.15, 0.2) is 34.9 Å². The van der Waals surface area contributed by atoms with Crippen LogP contribution in [-0.2, 0) is 0 Å². The quantitative estimate of drug-likeness (QED) is 0.121. The molecule has 22 aromatic carbocycles. The first-order valence-corrected chi connectivity index (χ1v) is 47.9. The van der Waals surface area contributed by atoms with Crippen LogP contribution in [0.1, 0.15) is 0 Å². The molecule has 648 valence electrons. The van der Waals surface area contributed by atoms with Crippen LogP contribution in [0.5, 0.6) is 0 Å². The van der Waals surface area contributed by atoms with Crippen LogP contribution in [0.15, 0.2) is 450 Å². The van der Waals surface area contributed by atoms with Crippen molar-refractivity contribution in [2.45, 2.75) is 0 Å². The minimum Gasteiger partial charge on any atom is -0.456 e. The van der Waals surface area contributed by atoms with E-state index in [1.54, 1.807) is 11.3 Å². The number of hydrogen-bond donors (Lipinski definition) is 0. The van der Waals surface area contributed by atoms with Gasteiger partial charge in [-0.05, 0) is 149 Å². The van der Waals surface area contributed by atoms with Gasteiger partial charge in [-0.2, -0.15) is 0 Å². The first-order valence-electron chi connectivity index (χ1n) is 47.1. The molecule has 0 atom stereocenters. The number of furan rings is 3. The number of thiophene rings is 1. The molecule has 0 fully saturated rings. The molecule has 140 heavy (non-hydrogen) atoms. The van der Waals surface area contributed by atoms with Crippen molar-refractivity contribution in [2.75, 3.05) is 0 Å². The summed E-state index contributed by atoms with van der Waals surface area (Å²) in [5.74, 6) is 3.55. The average Bonchev–Trinajstić information content (AvgIpc) is 1.32. The van der Waals surface area contributed by atoms with Crippen molar-refractivity contribution in [2.24, 2.45) is 0 Å². The van der Waals surface area contributed by atoms with Crippen molar-refractivity contribution < 1.29 is 13.3 Å². The van der Waals surface area contributed by atoms with Gasteiger partial charge in [0.2, 0.25) is 0 Å². The predicted molar refractivity (Wildman–Crippen MR) is 579 cm³/mol. The SMILES string of the molecule is c1ccc(-c2nc(-c3ccc(-c4nc5ccccc5c5c(-c6ccc7c8ccccc8c8ccccc8c7c6)c6c(cc45)oc4ccccc46)cc3)nc(-c3cccc4c3oc3ccccc34)n2)cc1.c1ccc(-c2nc(-c3ccc(-c4nc5ccccc5c5c(-c6ccc7c8ccccc8c8ccccc8c7c6)c6c(cc45)oc4ccccc46)cc3)nc(-c3cccc4c3sc3ccccc34)n2)cc1. The lowest BCUT2D eigenvalue weighted by molar-refractivity contribution is 0.669. The molecule has 0 unspecified atom stereocenters. The molecular formula is C128H72N8O3S. The summed E-state index contributed by atoms with van der Waals surface area (Å²) in [7, 11) is 0. The first kappa shape index (κ1) is 78.8. The fraction of sp³-hybridized carbons (Fsp3) is 0. The van der Waals surface area contributed by atoms with E-state index in [0.29, 0.717) is 34.9 Å². The van der Waals surface area contributed by atoms with E-state index < -0.39 is 0 Å². The van der Waals surface area contributed by atoms with Gasteiger partial charge in [-0.25, -0.2) is 39.9 Å². The minimum absolute atomic E-state index is 0.539. The highest BCUT2D eigenvalue weighted by molar-refractivity contribution is 7.26. The van der Waals surface area contributed by atoms with Crippen molar-refractivity contribution in [3.8, 4) is 113 Å². The Morgan fingerprint density at radius 1 is 0.164 bits per heavy atom. The molecule has 0 radical (unpaired) electrons. The topological polar surface area (TPSA) is 143 Å². The number of hydrogen-bond acceptors (Lipinski definition) is 12. The Kier molecular flexibility index (Phi) is 17.7. The van der Waals surface area contributed by atoms with Crippen LogP contribution in [0, 0.1) is 0 Å². The molecule has 11 nitrogen and oxygen atoms in total. The summed E-state index contributed by atoms with van der Waals surface area (Å²) in [5, 5.41) is 30.1. The lowest BCUT2D eigenvalue weighted by atomic mass is 9.87. The van der Waals surface area contributed by atoms with E-state index in [2.05, 4.69) is 346 Å². The number of rotatable bonds is 10. The third kappa shape index (κ3) is 12.5. The Labute approximate surface area is 802 Å². The maximum Gasteiger partial charge on any atom is 0.167 e. The van der Waals surface area contributed by atoms with Crippen molar-refractivity contribution in [1.82, 2.24) is 39.9 Å². The molecule has 8 heterocycles. The van der Waals surface area contributed by atoms with Crippen molar-refractivity contribution in [3.63, 3.8) is 0 Å². The monoisotopic (exact) mass is 1800 g/mol. The van der Waals surface area contributed by atoms with Crippen molar-refractivity contribution in [3.05, 3.63) is 437 Å². The summed E-state index contributed by atoms with van der Waals surface area (Å²) in [4.78, 5) is 41.7. The molecule has 0 aliphatic heterocycles. The largest absolute Gasteiger partial charge is 0.456 e. The van der Waals surface area contributed by atoms with Gasteiger partial charge in [0.05, 0.1) is 28.0 Å². The van der Waals surface area contributed by atoms with E-state index in [-0.39, 0.29) is 0 Å². The van der Waals surface area contributed by atoms with Gasteiger partial charge in [-0.15, -0.1) is 11.3 Å². The summed E-state index contributed by atoms with van der Waals surface area (Å²) in [5.41, 5.74) is 20.2. The second-order valence-electron chi connectivity index (χ2n) is 36.0. The lowest BCUT2D eigenvalue weighted by Gasteiger charge is -2.17. The van der Waals surface area contributed by atoms with Crippen molar-refractivity contribution >= 4 is 205 Å². The number of para-hydroxylation sites is 6. The van der Waals surface area contributed by atoms with Gasteiger partial charge in [0.25, 0.3) is 0 Å². The maximum atomic E-state index is 6.81. The van der Waals surface area contributed by atoms with E-state index in [0.717, 1.165) is 192 Å². The third-order valence-electron chi connectivity index (χ3n) is 28.2. The van der Waals surface area contributed by atoms with Gasteiger partial charge < -0.3 is 13.3 Å². The second kappa shape index (κ2) is 31.5. The Balaban J connectivity index is 0.000000134. The molecule has 0 aliphatic rings.